The standard InChI is InChI=1S/C17H25N3OS2/c1-19(2)15(14-8-4-3-5-9-14)12-18-16(21)13-23-17(22)20-10-6-7-11-20/h3-5,8-9,15H,6-7,10-13H2,1-2H3,(H,18,21)/p+1/t15-/m1/s1. The summed E-state index contributed by atoms with van der Waals surface area (Å²) in [4.78, 5) is 15.6. The number of rotatable bonds is 6. The molecule has 6 heteroatoms. The Morgan fingerprint density at radius 1 is 1.30 bits per heavy atom. The highest BCUT2D eigenvalue weighted by Crippen LogP contribution is 2.16. The molecule has 0 radical (unpaired) electrons. The summed E-state index contributed by atoms with van der Waals surface area (Å²) in [6.45, 7) is 2.71. The minimum absolute atomic E-state index is 0.0544. The topological polar surface area (TPSA) is 36.8 Å². The van der Waals surface area contributed by atoms with E-state index in [0.29, 0.717) is 12.3 Å². The van der Waals surface area contributed by atoms with Crippen molar-refractivity contribution in [2.24, 2.45) is 0 Å². The highest BCUT2D eigenvalue weighted by molar-refractivity contribution is 8.23. The summed E-state index contributed by atoms with van der Waals surface area (Å²) in [7, 11) is 4.22. The van der Waals surface area contributed by atoms with Crippen LogP contribution in [0.3, 0.4) is 0 Å². The van der Waals surface area contributed by atoms with Crippen molar-refractivity contribution in [2.45, 2.75) is 18.9 Å². The largest absolute Gasteiger partial charge is 0.358 e. The van der Waals surface area contributed by atoms with Crippen LogP contribution >= 0.6 is 24.0 Å². The molecule has 0 bridgehead atoms. The van der Waals surface area contributed by atoms with Crippen LogP contribution in [-0.4, -0.2) is 54.6 Å². The van der Waals surface area contributed by atoms with E-state index in [1.54, 1.807) is 0 Å². The van der Waals surface area contributed by atoms with Crippen LogP contribution in [-0.2, 0) is 4.79 Å². The quantitative estimate of drug-likeness (QED) is 0.752. The van der Waals surface area contributed by atoms with Crippen molar-refractivity contribution < 1.29 is 9.69 Å². The third-order valence-electron chi connectivity index (χ3n) is 4.09. The number of nitrogens with zero attached hydrogens (tertiary/aromatic N) is 1. The number of hydrogen-bond acceptors (Lipinski definition) is 3. The maximum Gasteiger partial charge on any atom is 0.230 e. The van der Waals surface area contributed by atoms with Gasteiger partial charge in [0.2, 0.25) is 5.91 Å². The number of thioether (sulfide) groups is 1. The molecule has 4 nitrogen and oxygen atoms in total. The molecule has 1 aromatic carbocycles. The number of nitrogens with one attached hydrogen (secondary N) is 2. The van der Waals surface area contributed by atoms with Gasteiger partial charge in [0, 0.05) is 18.7 Å². The molecule has 1 saturated heterocycles. The fraction of sp³-hybridized carbons (Fsp3) is 0.529. The average Bonchev–Trinajstić information content (AvgIpc) is 3.08. The molecule has 0 aromatic heterocycles. The first-order chi connectivity index (χ1) is 11.1. The normalized spacial score (nSPS) is 15.7. The van der Waals surface area contributed by atoms with Crippen molar-refractivity contribution in [1.29, 1.82) is 0 Å². The smallest absolute Gasteiger partial charge is 0.230 e. The summed E-state index contributed by atoms with van der Waals surface area (Å²) >= 11 is 6.87. The molecule has 1 fully saturated rings. The summed E-state index contributed by atoms with van der Waals surface area (Å²) in [5.74, 6) is 0.457. The molecule has 126 valence electrons. The molecule has 2 N–H and O–H groups in total. The van der Waals surface area contributed by atoms with Crippen molar-refractivity contribution in [2.75, 3.05) is 39.5 Å². The molecule has 1 aliphatic rings. The van der Waals surface area contributed by atoms with Crippen LogP contribution in [0.1, 0.15) is 24.4 Å². The molecule has 0 unspecified atom stereocenters. The number of thiocarbonyl (C=S) groups is 1. The number of quaternary nitrogens is 1. The number of likely N-dealkylation sites (tertiary alicyclic amines) is 1. The molecule has 1 amide bonds. The SMILES string of the molecule is C[NH+](C)[C@H](CNC(=O)CSC(=S)N1CCCC1)c1ccccc1. The van der Waals surface area contributed by atoms with Crippen LogP contribution in [0, 0.1) is 0 Å². The van der Waals surface area contributed by atoms with Crippen molar-refractivity contribution >= 4 is 34.2 Å². The molecule has 1 aliphatic heterocycles. The molecule has 0 spiro atoms. The van der Waals surface area contributed by atoms with E-state index in [4.69, 9.17) is 12.2 Å². The monoisotopic (exact) mass is 352 g/mol. The summed E-state index contributed by atoms with van der Waals surface area (Å²) in [5.41, 5.74) is 1.24. The zero-order chi connectivity index (χ0) is 16.7. The Balaban J connectivity index is 1.76. The lowest BCUT2D eigenvalue weighted by molar-refractivity contribution is -0.890. The molecular formula is C17H26N3OS2+. The molecule has 2 rings (SSSR count). The van der Waals surface area contributed by atoms with Gasteiger partial charge in [0.15, 0.2) is 0 Å². The van der Waals surface area contributed by atoms with E-state index in [1.807, 2.05) is 18.2 Å². The van der Waals surface area contributed by atoms with Gasteiger partial charge in [0.25, 0.3) is 0 Å². The molecule has 0 saturated carbocycles. The lowest BCUT2D eigenvalue weighted by atomic mass is 10.1. The van der Waals surface area contributed by atoms with Gasteiger partial charge in [-0.1, -0.05) is 54.3 Å². The maximum atomic E-state index is 12.1. The predicted octanol–water partition coefficient (Wildman–Crippen LogP) is 1.10. The zero-order valence-corrected chi connectivity index (χ0v) is 15.5. The van der Waals surface area contributed by atoms with Crippen LogP contribution < -0.4 is 10.2 Å². The fourth-order valence-corrected chi connectivity index (χ4v) is 3.81. The molecule has 23 heavy (non-hydrogen) atoms. The second kappa shape index (κ2) is 9.25. The predicted molar refractivity (Wildman–Crippen MR) is 101 cm³/mol. The number of likely N-dealkylation sites (N-methyl/N-ethyl adjacent to an activating group) is 1. The van der Waals surface area contributed by atoms with Gasteiger partial charge in [-0.2, -0.15) is 0 Å². The van der Waals surface area contributed by atoms with Crippen LogP contribution in [0.15, 0.2) is 30.3 Å². The molecule has 1 aromatic rings. The van der Waals surface area contributed by atoms with Gasteiger partial charge in [0.1, 0.15) is 10.4 Å². The number of benzene rings is 1. The van der Waals surface area contributed by atoms with E-state index in [1.165, 1.54) is 35.1 Å². The Kier molecular flexibility index (Phi) is 7.33. The van der Waals surface area contributed by atoms with E-state index >= 15 is 0 Å². The van der Waals surface area contributed by atoms with Gasteiger partial charge < -0.3 is 15.1 Å². The van der Waals surface area contributed by atoms with Gasteiger partial charge in [-0.15, -0.1) is 0 Å². The van der Waals surface area contributed by atoms with Crippen molar-refractivity contribution in [3.05, 3.63) is 35.9 Å². The lowest BCUT2D eigenvalue weighted by Gasteiger charge is -2.22. The number of carbonyl (C=O) groups excluding carboxylic acids is 1. The highest BCUT2D eigenvalue weighted by Gasteiger charge is 2.19. The number of hydrogen-bond donors (Lipinski definition) is 2. The summed E-state index contributed by atoms with van der Waals surface area (Å²) < 4.78 is 0.857. The van der Waals surface area contributed by atoms with Crippen molar-refractivity contribution in [3.8, 4) is 0 Å². The molecular weight excluding hydrogens is 326 g/mol. The summed E-state index contributed by atoms with van der Waals surface area (Å²) in [6, 6.07) is 10.6. The Morgan fingerprint density at radius 2 is 1.96 bits per heavy atom. The Hall–Kier alpha value is -1.11. The first-order valence-electron chi connectivity index (χ1n) is 8.11. The third-order valence-corrected chi connectivity index (χ3v) is 5.62. The van der Waals surface area contributed by atoms with E-state index in [2.05, 4.69) is 36.4 Å². The van der Waals surface area contributed by atoms with Crippen molar-refractivity contribution in [1.82, 2.24) is 10.2 Å². The summed E-state index contributed by atoms with van der Waals surface area (Å²) in [5, 5.41) is 3.05. The van der Waals surface area contributed by atoms with E-state index in [9.17, 15) is 4.79 Å². The van der Waals surface area contributed by atoms with E-state index < -0.39 is 0 Å². The Labute approximate surface area is 148 Å². The second-order valence-corrected chi connectivity index (χ2v) is 7.70. The molecule has 0 aliphatic carbocycles. The van der Waals surface area contributed by atoms with Crippen LogP contribution in [0.25, 0.3) is 0 Å². The minimum Gasteiger partial charge on any atom is -0.358 e. The van der Waals surface area contributed by atoms with E-state index in [0.717, 1.165) is 17.4 Å². The fourth-order valence-electron chi connectivity index (χ4n) is 2.73. The summed E-state index contributed by atoms with van der Waals surface area (Å²) in [6.07, 6.45) is 2.41. The van der Waals surface area contributed by atoms with Gasteiger partial charge >= 0.3 is 0 Å². The second-order valence-electron chi connectivity index (χ2n) is 6.09. The van der Waals surface area contributed by atoms with Crippen LogP contribution in [0.2, 0.25) is 0 Å². The number of carbonyl (C=O) groups is 1. The first kappa shape index (κ1) is 18.2. The Morgan fingerprint density at radius 3 is 2.57 bits per heavy atom. The van der Waals surface area contributed by atoms with Gasteiger partial charge in [-0.3, -0.25) is 4.79 Å². The zero-order valence-electron chi connectivity index (χ0n) is 13.9. The maximum absolute atomic E-state index is 12.1. The Bertz CT molecular complexity index is 516. The molecule has 1 atom stereocenters. The van der Waals surface area contributed by atoms with Gasteiger partial charge in [-0.25, -0.2) is 0 Å². The lowest BCUT2D eigenvalue weighted by Crippen LogP contribution is -3.07. The third kappa shape index (κ3) is 5.79. The number of amides is 1. The molecule has 1 heterocycles. The van der Waals surface area contributed by atoms with Crippen LogP contribution in [0.5, 0.6) is 0 Å². The van der Waals surface area contributed by atoms with Crippen molar-refractivity contribution in [3.63, 3.8) is 0 Å². The first-order valence-corrected chi connectivity index (χ1v) is 9.50. The van der Waals surface area contributed by atoms with Gasteiger partial charge in [0.05, 0.1) is 26.4 Å². The van der Waals surface area contributed by atoms with Crippen LogP contribution in [0.4, 0.5) is 0 Å². The van der Waals surface area contributed by atoms with E-state index in [-0.39, 0.29) is 11.9 Å². The van der Waals surface area contributed by atoms with Gasteiger partial charge in [-0.05, 0) is 12.8 Å². The highest BCUT2D eigenvalue weighted by atomic mass is 32.2. The average molecular weight is 353 g/mol. The minimum atomic E-state index is 0.0544.